The van der Waals surface area contributed by atoms with Crippen LogP contribution in [0.3, 0.4) is 0 Å². The first kappa shape index (κ1) is 15.1. The molecule has 0 aromatic heterocycles. The smallest absolute Gasteiger partial charge is 0.237 e. The molecular formula is C14H19FN2O2S. The predicted octanol–water partition coefficient (Wildman–Crippen LogP) is 2.65. The average Bonchev–Trinajstić information content (AvgIpc) is 2.43. The Bertz CT molecular complexity index is 478. The zero-order valence-electron chi connectivity index (χ0n) is 11.4. The number of carbonyl (C=O) groups excluding carboxylic acids is 1. The Morgan fingerprint density at radius 2 is 2.20 bits per heavy atom. The van der Waals surface area contributed by atoms with E-state index in [4.69, 9.17) is 10.5 Å². The van der Waals surface area contributed by atoms with Crippen molar-refractivity contribution in [3.63, 3.8) is 0 Å². The van der Waals surface area contributed by atoms with E-state index >= 15 is 0 Å². The van der Waals surface area contributed by atoms with Gasteiger partial charge in [-0.05, 0) is 38.0 Å². The first-order chi connectivity index (χ1) is 9.56. The van der Waals surface area contributed by atoms with Crippen LogP contribution in [0.2, 0.25) is 0 Å². The predicted molar refractivity (Wildman–Crippen MR) is 80.3 cm³/mol. The molecule has 0 aliphatic carbocycles. The topological polar surface area (TPSA) is 64.3 Å². The van der Waals surface area contributed by atoms with Crippen LogP contribution in [0.4, 0.5) is 15.8 Å². The summed E-state index contributed by atoms with van der Waals surface area (Å²) in [4.78, 5) is 12.1. The van der Waals surface area contributed by atoms with Crippen molar-refractivity contribution in [2.75, 3.05) is 24.3 Å². The van der Waals surface area contributed by atoms with E-state index in [1.54, 1.807) is 11.8 Å². The molecule has 1 aliphatic heterocycles. The highest BCUT2D eigenvalue weighted by atomic mass is 32.2. The van der Waals surface area contributed by atoms with Crippen LogP contribution >= 0.6 is 11.8 Å². The number of halogens is 1. The van der Waals surface area contributed by atoms with Crippen LogP contribution in [0.15, 0.2) is 18.2 Å². The monoisotopic (exact) mass is 298 g/mol. The average molecular weight is 298 g/mol. The van der Waals surface area contributed by atoms with Crippen LogP contribution in [0.25, 0.3) is 0 Å². The molecule has 2 rings (SSSR count). The molecule has 1 aliphatic rings. The van der Waals surface area contributed by atoms with Crippen LogP contribution in [-0.4, -0.2) is 29.6 Å². The van der Waals surface area contributed by atoms with Crippen LogP contribution in [-0.2, 0) is 9.53 Å². The minimum Gasteiger partial charge on any atom is -0.397 e. The summed E-state index contributed by atoms with van der Waals surface area (Å²) < 4.78 is 18.2. The number of hydrogen-bond donors (Lipinski definition) is 2. The second-order valence-corrected chi connectivity index (χ2v) is 6.46. The van der Waals surface area contributed by atoms with Crippen molar-refractivity contribution in [3.8, 4) is 0 Å². The second-order valence-electron chi connectivity index (χ2n) is 4.81. The molecule has 1 amide bonds. The van der Waals surface area contributed by atoms with E-state index < -0.39 is 5.82 Å². The fraction of sp³-hybridized carbons (Fsp3) is 0.500. The van der Waals surface area contributed by atoms with E-state index in [1.165, 1.54) is 18.2 Å². The lowest BCUT2D eigenvalue weighted by molar-refractivity contribution is -0.115. The Hall–Kier alpha value is -1.27. The molecule has 20 heavy (non-hydrogen) atoms. The number of amides is 1. The summed E-state index contributed by atoms with van der Waals surface area (Å²) in [5.41, 5.74) is 6.37. The van der Waals surface area contributed by atoms with Gasteiger partial charge in [0.25, 0.3) is 0 Å². The van der Waals surface area contributed by atoms with Gasteiger partial charge in [-0.15, -0.1) is 11.8 Å². The zero-order valence-corrected chi connectivity index (χ0v) is 12.2. The molecule has 1 atom stereocenters. The second kappa shape index (κ2) is 6.95. The highest BCUT2D eigenvalue weighted by Gasteiger charge is 2.22. The van der Waals surface area contributed by atoms with Crippen molar-refractivity contribution in [2.45, 2.75) is 30.3 Å². The van der Waals surface area contributed by atoms with Gasteiger partial charge >= 0.3 is 0 Å². The Morgan fingerprint density at radius 3 is 2.85 bits per heavy atom. The van der Waals surface area contributed by atoms with Gasteiger partial charge in [-0.1, -0.05) is 0 Å². The first-order valence-electron chi connectivity index (χ1n) is 6.65. The molecule has 0 spiro atoms. The number of rotatable bonds is 4. The molecule has 1 heterocycles. The quantitative estimate of drug-likeness (QED) is 0.839. The van der Waals surface area contributed by atoms with E-state index in [2.05, 4.69) is 5.32 Å². The summed E-state index contributed by atoms with van der Waals surface area (Å²) >= 11 is 1.65. The summed E-state index contributed by atoms with van der Waals surface area (Å²) in [7, 11) is 0. The highest BCUT2D eigenvalue weighted by molar-refractivity contribution is 8.01. The maximum atomic E-state index is 12.9. The number of benzene rings is 1. The molecule has 1 fully saturated rings. The number of anilines is 2. The van der Waals surface area contributed by atoms with Gasteiger partial charge in [0.05, 0.1) is 16.6 Å². The maximum absolute atomic E-state index is 12.9. The standard InChI is InChI=1S/C14H19FN2O2S/c1-9(20-11-4-6-19-7-5-11)14(18)17-13-3-2-10(15)8-12(13)16/h2-3,8-9,11H,4-7,16H2,1H3,(H,17,18). The summed E-state index contributed by atoms with van der Waals surface area (Å²) in [5.74, 6) is -0.523. The largest absolute Gasteiger partial charge is 0.397 e. The van der Waals surface area contributed by atoms with Gasteiger partial charge in [0.2, 0.25) is 5.91 Å². The Kier molecular flexibility index (Phi) is 5.25. The minimum absolute atomic E-state index is 0.111. The Balaban J connectivity index is 1.89. The number of nitrogen functional groups attached to an aromatic ring is 1. The Morgan fingerprint density at radius 1 is 1.50 bits per heavy atom. The van der Waals surface area contributed by atoms with E-state index in [1.807, 2.05) is 6.92 Å². The molecule has 1 unspecified atom stereocenters. The molecule has 0 saturated carbocycles. The number of carbonyl (C=O) groups is 1. The third-order valence-corrected chi connectivity index (χ3v) is 4.68. The lowest BCUT2D eigenvalue weighted by Crippen LogP contribution is -2.27. The molecule has 110 valence electrons. The molecule has 1 saturated heterocycles. The normalized spacial score (nSPS) is 17.7. The van der Waals surface area contributed by atoms with Crippen LogP contribution in [0.1, 0.15) is 19.8 Å². The number of ether oxygens (including phenoxy) is 1. The van der Waals surface area contributed by atoms with Crippen molar-refractivity contribution in [3.05, 3.63) is 24.0 Å². The molecule has 0 bridgehead atoms. The van der Waals surface area contributed by atoms with Crippen molar-refractivity contribution in [1.29, 1.82) is 0 Å². The zero-order chi connectivity index (χ0) is 14.5. The van der Waals surface area contributed by atoms with E-state index in [0.717, 1.165) is 26.1 Å². The van der Waals surface area contributed by atoms with Crippen molar-refractivity contribution >= 4 is 29.0 Å². The van der Waals surface area contributed by atoms with Crippen molar-refractivity contribution < 1.29 is 13.9 Å². The fourth-order valence-electron chi connectivity index (χ4n) is 2.04. The summed E-state index contributed by atoms with van der Waals surface area (Å²) in [6.07, 6.45) is 1.95. The SMILES string of the molecule is CC(SC1CCOCC1)C(=O)Nc1ccc(F)cc1N. The van der Waals surface area contributed by atoms with E-state index in [0.29, 0.717) is 10.9 Å². The van der Waals surface area contributed by atoms with Crippen molar-refractivity contribution in [2.24, 2.45) is 0 Å². The van der Waals surface area contributed by atoms with E-state index in [-0.39, 0.29) is 16.8 Å². The van der Waals surface area contributed by atoms with Crippen molar-refractivity contribution in [1.82, 2.24) is 0 Å². The minimum atomic E-state index is -0.412. The molecule has 0 radical (unpaired) electrons. The van der Waals surface area contributed by atoms with Crippen LogP contribution in [0, 0.1) is 5.82 Å². The molecule has 4 nitrogen and oxygen atoms in total. The van der Waals surface area contributed by atoms with Crippen LogP contribution in [0.5, 0.6) is 0 Å². The number of nitrogens with one attached hydrogen (secondary N) is 1. The van der Waals surface area contributed by atoms with Gasteiger partial charge in [-0.25, -0.2) is 4.39 Å². The number of thioether (sulfide) groups is 1. The third-order valence-electron chi connectivity index (χ3n) is 3.21. The lowest BCUT2D eigenvalue weighted by Gasteiger charge is -2.24. The number of hydrogen-bond acceptors (Lipinski definition) is 4. The molecule has 1 aromatic carbocycles. The molecular weight excluding hydrogens is 279 g/mol. The summed E-state index contributed by atoms with van der Waals surface area (Å²) in [6, 6.07) is 3.96. The van der Waals surface area contributed by atoms with E-state index in [9.17, 15) is 9.18 Å². The lowest BCUT2D eigenvalue weighted by atomic mass is 10.2. The summed E-state index contributed by atoms with van der Waals surface area (Å²) in [5, 5.41) is 3.02. The molecule has 3 N–H and O–H groups in total. The Labute approximate surface area is 122 Å². The first-order valence-corrected chi connectivity index (χ1v) is 7.59. The maximum Gasteiger partial charge on any atom is 0.237 e. The molecule has 6 heteroatoms. The van der Waals surface area contributed by atoms with Gasteiger partial charge in [0, 0.05) is 18.5 Å². The summed E-state index contributed by atoms with van der Waals surface area (Å²) in [6.45, 7) is 3.39. The van der Waals surface area contributed by atoms with Crippen LogP contribution < -0.4 is 11.1 Å². The highest BCUT2D eigenvalue weighted by Crippen LogP contribution is 2.27. The van der Waals surface area contributed by atoms with Gasteiger partial charge in [-0.3, -0.25) is 4.79 Å². The van der Waals surface area contributed by atoms with Gasteiger partial charge in [0.15, 0.2) is 0 Å². The van der Waals surface area contributed by atoms with Gasteiger partial charge in [0.1, 0.15) is 5.82 Å². The van der Waals surface area contributed by atoms with Gasteiger partial charge in [-0.2, -0.15) is 0 Å². The number of nitrogens with two attached hydrogens (primary N) is 1. The molecule has 1 aromatic rings. The van der Waals surface area contributed by atoms with Gasteiger partial charge < -0.3 is 15.8 Å². The third kappa shape index (κ3) is 4.11. The fourth-order valence-corrected chi connectivity index (χ4v) is 3.27.